The fourth-order valence-corrected chi connectivity index (χ4v) is 3.35. The zero-order valence-electron chi connectivity index (χ0n) is 22.3. The second-order valence-electron chi connectivity index (χ2n) is 8.96. The molecule has 18 heteroatoms. The van der Waals surface area contributed by atoms with Gasteiger partial charge in [-0.3, -0.25) is 0 Å². The lowest BCUT2D eigenvalue weighted by atomic mass is 10.1. The first-order valence-electron chi connectivity index (χ1n) is 12.6. The number of halogens is 10. The van der Waals surface area contributed by atoms with E-state index in [-0.39, 0.29) is 26.4 Å². The smallest absolute Gasteiger partial charge is 0.344 e. The molecule has 246 valence electrons. The molecule has 0 bridgehead atoms. The zero-order valence-corrected chi connectivity index (χ0v) is 22.3. The second-order valence-corrected chi connectivity index (χ2v) is 8.96. The number of aliphatic hydroxyl groups is 2. The van der Waals surface area contributed by atoms with Crippen LogP contribution in [-0.4, -0.2) is 74.0 Å². The van der Waals surface area contributed by atoms with Gasteiger partial charge >= 0.3 is 11.9 Å². The number of esters is 2. The van der Waals surface area contributed by atoms with Gasteiger partial charge in [0.05, 0.1) is 13.2 Å². The third-order valence-electron chi connectivity index (χ3n) is 5.59. The van der Waals surface area contributed by atoms with Gasteiger partial charge in [-0.25, -0.2) is 53.5 Å². The Morgan fingerprint density at radius 1 is 0.455 bits per heavy atom. The predicted octanol–water partition coefficient (Wildman–Crippen LogP) is 4.41. The van der Waals surface area contributed by atoms with Crippen molar-refractivity contribution in [1.82, 2.24) is 0 Å². The van der Waals surface area contributed by atoms with Crippen LogP contribution in [0.5, 0.6) is 0 Å². The fourth-order valence-electron chi connectivity index (χ4n) is 3.35. The molecular formula is C26H24F10O8. The van der Waals surface area contributed by atoms with Gasteiger partial charge in [0.1, 0.15) is 36.5 Å². The van der Waals surface area contributed by atoms with Gasteiger partial charge in [-0.05, 0) is 12.8 Å². The first-order chi connectivity index (χ1) is 20.7. The summed E-state index contributed by atoms with van der Waals surface area (Å²) in [5.41, 5.74) is -3.61. The van der Waals surface area contributed by atoms with Crippen molar-refractivity contribution in [2.75, 3.05) is 39.6 Å². The van der Waals surface area contributed by atoms with Gasteiger partial charge in [-0.2, -0.15) is 0 Å². The van der Waals surface area contributed by atoms with Crippen LogP contribution in [0.4, 0.5) is 43.9 Å². The van der Waals surface area contributed by atoms with Gasteiger partial charge in [-0.15, -0.1) is 0 Å². The summed E-state index contributed by atoms with van der Waals surface area (Å²) in [5, 5.41) is 19.4. The molecule has 8 nitrogen and oxygen atoms in total. The van der Waals surface area contributed by atoms with E-state index in [0.29, 0.717) is 25.7 Å². The average Bonchev–Trinajstić information content (AvgIpc) is 2.99. The second kappa shape index (κ2) is 17.1. The van der Waals surface area contributed by atoms with Crippen LogP contribution in [0.1, 0.15) is 46.4 Å². The maximum absolute atomic E-state index is 13.6. The summed E-state index contributed by atoms with van der Waals surface area (Å²) < 4.78 is 152. The van der Waals surface area contributed by atoms with E-state index in [9.17, 15) is 63.7 Å². The number of benzene rings is 2. The Bertz CT molecular complexity index is 1170. The van der Waals surface area contributed by atoms with Crippen LogP contribution < -0.4 is 0 Å². The average molecular weight is 654 g/mol. The molecule has 0 spiro atoms. The van der Waals surface area contributed by atoms with Crippen molar-refractivity contribution in [3.8, 4) is 0 Å². The summed E-state index contributed by atoms with van der Waals surface area (Å²) >= 11 is 0. The van der Waals surface area contributed by atoms with E-state index in [2.05, 4.69) is 9.47 Å². The summed E-state index contributed by atoms with van der Waals surface area (Å²) in [7, 11) is 0. The third-order valence-corrected chi connectivity index (χ3v) is 5.59. The predicted molar refractivity (Wildman–Crippen MR) is 125 cm³/mol. The summed E-state index contributed by atoms with van der Waals surface area (Å²) in [4.78, 5) is 23.4. The molecular weight excluding hydrogens is 630 g/mol. The van der Waals surface area contributed by atoms with Crippen LogP contribution in [0.25, 0.3) is 0 Å². The highest BCUT2D eigenvalue weighted by Gasteiger charge is 2.32. The Balaban J connectivity index is 1.54. The quantitative estimate of drug-likeness (QED) is 0.0850. The summed E-state index contributed by atoms with van der Waals surface area (Å²) in [6.45, 7) is -2.26. The van der Waals surface area contributed by atoms with E-state index in [1.54, 1.807) is 0 Å². The topological polar surface area (TPSA) is 112 Å². The van der Waals surface area contributed by atoms with E-state index in [4.69, 9.17) is 9.47 Å². The maximum Gasteiger partial charge on any atom is 0.344 e. The summed E-state index contributed by atoms with van der Waals surface area (Å²) in [6.07, 6.45) is -0.806. The van der Waals surface area contributed by atoms with Gasteiger partial charge in [0, 0.05) is 13.2 Å². The Labute approximate surface area is 242 Å². The van der Waals surface area contributed by atoms with Gasteiger partial charge in [-0.1, -0.05) is 12.8 Å². The molecule has 2 N–H and O–H groups in total. The van der Waals surface area contributed by atoms with Crippen LogP contribution in [0.3, 0.4) is 0 Å². The number of rotatable bonds is 17. The summed E-state index contributed by atoms with van der Waals surface area (Å²) in [6, 6.07) is 0. The molecule has 0 fully saturated rings. The van der Waals surface area contributed by atoms with Crippen molar-refractivity contribution < 1.29 is 82.7 Å². The lowest BCUT2D eigenvalue weighted by Crippen LogP contribution is -2.25. The molecule has 2 atom stereocenters. The largest absolute Gasteiger partial charge is 0.459 e. The monoisotopic (exact) mass is 654 g/mol. The summed E-state index contributed by atoms with van der Waals surface area (Å²) in [5.74, 6) is -27.5. The standard InChI is InChI=1S/C26H24F10O8/c27-15-13(16(28)20(32)23(35)19(15)31)25(39)43-9-11(37)7-41-5-3-1-2-4-6-42-8-12(38)10-44-26(40)14-17(29)21(33)24(36)22(34)18(14)30/h11-12,37-38H,1-10H2. The lowest BCUT2D eigenvalue weighted by molar-refractivity contribution is -0.0137. The van der Waals surface area contributed by atoms with Crippen LogP contribution >= 0.6 is 0 Å². The van der Waals surface area contributed by atoms with Crippen molar-refractivity contribution in [2.24, 2.45) is 0 Å². The fraction of sp³-hybridized carbons (Fsp3) is 0.462. The molecule has 0 heterocycles. The van der Waals surface area contributed by atoms with Gasteiger partial charge in [0.2, 0.25) is 11.6 Å². The molecule has 0 aliphatic carbocycles. The first kappa shape index (κ1) is 36.7. The number of hydrogen-bond donors (Lipinski definition) is 2. The number of ether oxygens (including phenoxy) is 4. The zero-order chi connectivity index (χ0) is 33.1. The SMILES string of the molecule is O=C(OCC(O)COCCCCCCOCC(O)COC(=O)c1c(F)c(F)c(F)c(F)c1F)c1c(F)c(F)c(F)c(F)c1F. The van der Waals surface area contributed by atoms with Crippen LogP contribution in [0.15, 0.2) is 0 Å². The number of hydrogen-bond acceptors (Lipinski definition) is 8. The van der Waals surface area contributed by atoms with Crippen LogP contribution in [0.2, 0.25) is 0 Å². The molecule has 0 aliphatic heterocycles. The maximum atomic E-state index is 13.6. The number of aliphatic hydroxyl groups excluding tert-OH is 2. The normalized spacial score (nSPS) is 12.7. The van der Waals surface area contributed by atoms with E-state index in [0.717, 1.165) is 0 Å². The van der Waals surface area contributed by atoms with Crippen LogP contribution in [-0.2, 0) is 18.9 Å². The molecule has 0 saturated carbocycles. The van der Waals surface area contributed by atoms with E-state index >= 15 is 0 Å². The molecule has 0 saturated heterocycles. The Morgan fingerprint density at radius 2 is 0.727 bits per heavy atom. The van der Waals surface area contributed by atoms with Crippen molar-refractivity contribution in [3.63, 3.8) is 0 Å². The van der Waals surface area contributed by atoms with Gasteiger partial charge in [0.25, 0.3) is 0 Å². The Kier molecular flexibility index (Phi) is 14.3. The number of carbonyl (C=O) groups is 2. The van der Waals surface area contributed by atoms with Crippen molar-refractivity contribution in [1.29, 1.82) is 0 Å². The van der Waals surface area contributed by atoms with Crippen molar-refractivity contribution in [2.45, 2.75) is 37.9 Å². The molecule has 2 unspecified atom stereocenters. The minimum absolute atomic E-state index is 0.122. The number of unbranched alkanes of at least 4 members (excludes halogenated alkanes) is 3. The first-order valence-corrected chi connectivity index (χ1v) is 12.6. The van der Waals surface area contributed by atoms with Crippen LogP contribution in [0, 0.1) is 58.2 Å². The molecule has 2 aromatic rings. The van der Waals surface area contributed by atoms with E-state index in [1.165, 1.54) is 0 Å². The van der Waals surface area contributed by atoms with Gasteiger partial charge in [0.15, 0.2) is 46.5 Å². The molecule has 44 heavy (non-hydrogen) atoms. The molecule has 0 aromatic heterocycles. The molecule has 0 radical (unpaired) electrons. The van der Waals surface area contributed by atoms with Gasteiger partial charge < -0.3 is 29.2 Å². The molecule has 0 amide bonds. The molecule has 2 aromatic carbocycles. The minimum atomic E-state index is -2.45. The highest BCUT2D eigenvalue weighted by atomic mass is 19.2. The minimum Gasteiger partial charge on any atom is -0.459 e. The Morgan fingerprint density at radius 3 is 1.02 bits per heavy atom. The lowest BCUT2D eigenvalue weighted by Gasteiger charge is -2.13. The molecule has 2 rings (SSSR count). The highest BCUT2D eigenvalue weighted by molar-refractivity contribution is 5.90. The third kappa shape index (κ3) is 9.51. The highest BCUT2D eigenvalue weighted by Crippen LogP contribution is 2.25. The Hall–Kier alpha value is -3.48. The van der Waals surface area contributed by atoms with Crippen molar-refractivity contribution >= 4 is 11.9 Å². The number of carbonyl (C=O) groups excluding carboxylic acids is 2. The molecule has 0 aliphatic rings. The van der Waals surface area contributed by atoms with E-state index in [1.807, 2.05) is 0 Å². The van der Waals surface area contributed by atoms with Crippen molar-refractivity contribution in [3.05, 3.63) is 69.3 Å². The van der Waals surface area contributed by atoms with E-state index < -0.39 is 107 Å².